The zero-order valence-electron chi connectivity index (χ0n) is 9.44. The van der Waals surface area contributed by atoms with Gasteiger partial charge in [-0.15, -0.1) is 12.4 Å². The third kappa shape index (κ3) is 4.21. The van der Waals surface area contributed by atoms with Crippen molar-refractivity contribution in [3.8, 4) is 0 Å². The maximum absolute atomic E-state index is 11.9. The van der Waals surface area contributed by atoms with Crippen molar-refractivity contribution in [3.05, 3.63) is 0 Å². The number of nitrogens with zero attached hydrogens (tertiary/aromatic N) is 1. The predicted molar refractivity (Wildman–Crippen MR) is 68.6 cm³/mol. The maximum Gasteiger partial charge on any atom is 0.239 e. The summed E-state index contributed by atoms with van der Waals surface area (Å²) in [6.45, 7) is 3.00. The van der Waals surface area contributed by atoms with Gasteiger partial charge < -0.3 is 10.6 Å². The van der Waals surface area contributed by atoms with E-state index in [1.54, 1.807) is 11.8 Å². The average molecular weight is 253 g/mol. The highest BCUT2D eigenvalue weighted by atomic mass is 35.5. The monoisotopic (exact) mass is 252 g/mol. The van der Waals surface area contributed by atoms with E-state index < -0.39 is 0 Å². The quantitative estimate of drug-likeness (QED) is 0.825. The lowest BCUT2D eigenvalue weighted by atomic mass is 10.2. The van der Waals surface area contributed by atoms with Crippen molar-refractivity contribution in [2.24, 2.45) is 5.73 Å². The summed E-state index contributed by atoms with van der Waals surface area (Å²) in [5, 5.41) is 0. The van der Waals surface area contributed by atoms with Crippen LogP contribution in [0.4, 0.5) is 0 Å². The minimum atomic E-state index is -0.289. The van der Waals surface area contributed by atoms with Gasteiger partial charge in [0.05, 0.1) is 6.04 Å². The molecule has 0 aromatic rings. The second-order valence-corrected chi connectivity index (χ2v) is 4.90. The van der Waals surface area contributed by atoms with Crippen LogP contribution in [0.15, 0.2) is 0 Å². The normalized spacial score (nSPS) is 22.3. The zero-order valence-corrected chi connectivity index (χ0v) is 11.1. The number of hydrogen-bond acceptors (Lipinski definition) is 3. The molecular weight excluding hydrogens is 232 g/mol. The van der Waals surface area contributed by atoms with Crippen molar-refractivity contribution in [2.75, 3.05) is 18.6 Å². The van der Waals surface area contributed by atoms with Crippen molar-refractivity contribution in [1.82, 2.24) is 4.90 Å². The first-order valence-corrected chi connectivity index (χ1v) is 6.61. The van der Waals surface area contributed by atoms with Gasteiger partial charge in [0.2, 0.25) is 5.91 Å². The van der Waals surface area contributed by atoms with E-state index in [0.29, 0.717) is 6.04 Å². The molecule has 1 heterocycles. The number of carbonyl (C=O) groups excluding carboxylic acids is 1. The number of halogens is 1. The van der Waals surface area contributed by atoms with Gasteiger partial charge in [-0.25, -0.2) is 0 Å². The summed E-state index contributed by atoms with van der Waals surface area (Å²) in [5.41, 5.74) is 5.84. The lowest BCUT2D eigenvalue weighted by molar-refractivity contribution is -0.133. The molecule has 0 aromatic heterocycles. The van der Waals surface area contributed by atoms with Gasteiger partial charge in [0.15, 0.2) is 0 Å². The summed E-state index contributed by atoms with van der Waals surface area (Å²) >= 11 is 1.74. The van der Waals surface area contributed by atoms with Crippen LogP contribution in [0.25, 0.3) is 0 Å². The van der Waals surface area contributed by atoms with E-state index in [1.807, 2.05) is 11.2 Å². The fourth-order valence-electron chi connectivity index (χ4n) is 1.84. The van der Waals surface area contributed by atoms with E-state index in [2.05, 4.69) is 6.92 Å². The van der Waals surface area contributed by atoms with Crippen LogP contribution in [0, 0.1) is 0 Å². The Morgan fingerprint density at radius 2 is 2.33 bits per heavy atom. The van der Waals surface area contributed by atoms with Crippen LogP contribution >= 0.6 is 24.2 Å². The highest BCUT2D eigenvalue weighted by Gasteiger charge is 2.28. The first-order valence-electron chi connectivity index (χ1n) is 5.21. The van der Waals surface area contributed by atoms with Crippen LogP contribution in [-0.4, -0.2) is 41.4 Å². The van der Waals surface area contributed by atoms with E-state index in [0.717, 1.165) is 31.6 Å². The minimum Gasteiger partial charge on any atom is -0.339 e. The van der Waals surface area contributed by atoms with Crippen LogP contribution in [-0.2, 0) is 4.79 Å². The van der Waals surface area contributed by atoms with Crippen molar-refractivity contribution >= 4 is 30.1 Å². The second-order valence-electron chi connectivity index (χ2n) is 3.91. The van der Waals surface area contributed by atoms with Crippen molar-refractivity contribution in [2.45, 2.75) is 38.3 Å². The summed E-state index contributed by atoms with van der Waals surface area (Å²) in [6, 6.07) is 0.103. The Bertz CT molecular complexity index is 204. The molecule has 1 saturated heterocycles. The molecule has 5 heteroatoms. The molecule has 2 N–H and O–H groups in total. The number of rotatable bonds is 4. The average Bonchev–Trinajstić information content (AvgIpc) is 2.59. The molecule has 1 aliphatic heterocycles. The number of carbonyl (C=O) groups is 1. The van der Waals surface area contributed by atoms with Crippen LogP contribution in [0.3, 0.4) is 0 Å². The Kier molecular flexibility index (Phi) is 7.40. The summed E-state index contributed by atoms with van der Waals surface area (Å²) in [6.07, 6.45) is 5.09. The lowest BCUT2D eigenvalue weighted by Crippen LogP contribution is -2.45. The Balaban J connectivity index is 0.00000196. The SMILES string of the molecule is CSCC[C@H](N)C(=O)N1CCCC1C.Cl. The van der Waals surface area contributed by atoms with E-state index >= 15 is 0 Å². The largest absolute Gasteiger partial charge is 0.339 e. The maximum atomic E-state index is 11.9. The Morgan fingerprint density at radius 3 is 2.80 bits per heavy atom. The molecule has 0 radical (unpaired) electrons. The predicted octanol–water partition coefficient (Wildman–Crippen LogP) is 1.50. The van der Waals surface area contributed by atoms with E-state index in [-0.39, 0.29) is 24.4 Å². The number of hydrogen-bond donors (Lipinski definition) is 1. The van der Waals surface area contributed by atoms with Gasteiger partial charge in [0, 0.05) is 12.6 Å². The summed E-state index contributed by atoms with van der Waals surface area (Å²) in [4.78, 5) is 13.8. The number of likely N-dealkylation sites (tertiary alicyclic amines) is 1. The molecule has 0 aromatic carbocycles. The first-order chi connectivity index (χ1) is 6.66. The van der Waals surface area contributed by atoms with Crippen molar-refractivity contribution in [3.63, 3.8) is 0 Å². The molecule has 1 amide bonds. The highest BCUT2D eigenvalue weighted by molar-refractivity contribution is 7.98. The standard InChI is InChI=1S/C10H20N2OS.ClH/c1-8-4-3-6-12(8)10(13)9(11)5-7-14-2;/h8-9H,3-7,11H2,1-2H3;1H/t8?,9-;/m0./s1. The van der Waals surface area contributed by atoms with Crippen molar-refractivity contribution in [1.29, 1.82) is 0 Å². The van der Waals surface area contributed by atoms with Gasteiger partial charge in [0.25, 0.3) is 0 Å². The van der Waals surface area contributed by atoms with Crippen LogP contribution in [0.2, 0.25) is 0 Å². The Hall–Kier alpha value is 0.0700. The van der Waals surface area contributed by atoms with Gasteiger partial charge in [-0.1, -0.05) is 0 Å². The molecule has 0 spiro atoms. The Labute approximate surface area is 103 Å². The molecule has 15 heavy (non-hydrogen) atoms. The topological polar surface area (TPSA) is 46.3 Å². The van der Waals surface area contributed by atoms with E-state index in [4.69, 9.17) is 5.73 Å². The van der Waals surface area contributed by atoms with Gasteiger partial charge in [-0.3, -0.25) is 4.79 Å². The third-order valence-electron chi connectivity index (χ3n) is 2.79. The second kappa shape index (κ2) is 7.36. The molecule has 0 aliphatic carbocycles. The fraction of sp³-hybridized carbons (Fsp3) is 0.900. The van der Waals surface area contributed by atoms with E-state index in [1.165, 1.54) is 0 Å². The number of nitrogens with two attached hydrogens (primary N) is 1. The van der Waals surface area contributed by atoms with Gasteiger partial charge in [0.1, 0.15) is 0 Å². The molecular formula is C10H21ClN2OS. The molecule has 2 atom stereocenters. The molecule has 0 bridgehead atoms. The zero-order chi connectivity index (χ0) is 10.6. The van der Waals surface area contributed by atoms with E-state index in [9.17, 15) is 4.79 Å². The summed E-state index contributed by atoms with van der Waals surface area (Å²) in [7, 11) is 0. The number of thioether (sulfide) groups is 1. The van der Waals surface area contributed by atoms with Crippen LogP contribution in [0.1, 0.15) is 26.2 Å². The highest BCUT2D eigenvalue weighted by Crippen LogP contribution is 2.17. The molecule has 0 saturated carbocycles. The molecule has 1 aliphatic rings. The smallest absolute Gasteiger partial charge is 0.239 e. The summed E-state index contributed by atoms with van der Waals surface area (Å²) < 4.78 is 0. The lowest BCUT2D eigenvalue weighted by Gasteiger charge is -2.24. The molecule has 3 nitrogen and oxygen atoms in total. The number of amides is 1. The van der Waals surface area contributed by atoms with Crippen LogP contribution < -0.4 is 5.73 Å². The first kappa shape index (κ1) is 15.1. The third-order valence-corrected chi connectivity index (χ3v) is 3.43. The molecule has 90 valence electrons. The summed E-state index contributed by atoms with van der Waals surface area (Å²) in [5.74, 6) is 1.11. The van der Waals surface area contributed by atoms with Gasteiger partial charge in [-0.05, 0) is 38.2 Å². The van der Waals surface area contributed by atoms with Gasteiger partial charge >= 0.3 is 0 Å². The van der Waals surface area contributed by atoms with Crippen molar-refractivity contribution < 1.29 is 4.79 Å². The van der Waals surface area contributed by atoms with Gasteiger partial charge in [-0.2, -0.15) is 11.8 Å². The Morgan fingerprint density at radius 1 is 1.67 bits per heavy atom. The van der Waals surface area contributed by atoms with Crippen LogP contribution in [0.5, 0.6) is 0 Å². The molecule has 1 unspecified atom stereocenters. The molecule has 1 rings (SSSR count). The molecule has 1 fully saturated rings. The fourth-order valence-corrected chi connectivity index (χ4v) is 2.33. The minimum absolute atomic E-state index is 0.